The van der Waals surface area contributed by atoms with Crippen LogP contribution in [0.2, 0.25) is 0 Å². The molecule has 0 spiro atoms. The summed E-state index contributed by atoms with van der Waals surface area (Å²) in [7, 11) is -1.38. The van der Waals surface area contributed by atoms with E-state index >= 15 is 0 Å². The standard InChI is InChI=1S/C14H13BrN2O2S/c15-12-3-1-2-4-13(12)17-14(18)9-20(19)11-7-5-10(16)6-8-11/h1-8H,9,16H2,(H,17,18). The fourth-order valence-corrected chi connectivity index (χ4v) is 2.87. The lowest BCUT2D eigenvalue weighted by atomic mass is 10.3. The Morgan fingerprint density at radius 2 is 1.80 bits per heavy atom. The van der Waals surface area contributed by atoms with Crippen molar-refractivity contribution < 1.29 is 9.00 Å². The van der Waals surface area contributed by atoms with Crippen molar-refractivity contribution in [1.82, 2.24) is 0 Å². The van der Waals surface area contributed by atoms with Gasteiger partial charge in [0.05, 0.1) is 16.5 Å². The first-order valence-electron chi connectivity index (χ1n) is 5.84. The van der Waals surface area contributed by atoms with Crippen LogP contribution in [0.25, 0.3) is 0 Å². The summed E-state index contributed by atoms with van der Waals surface area (Å²) in [6.45, 7) is 0. The summed E-state index contributed by atoms with van der Waals surface area (Å²) in [6, 6.07) is 13.9. The molecule has 6 heteroatoms. The van der Waals surface area contributed by atoms with Gasteiger partial charge in [0.15, 0.2) is 0 Å². The third-order valence-electron chi connectivity index (χ3n) is 2.55. The lowest BCUT2D eigenvalue weighted by Crippen LogP contribution is -2.19. The van der Waals surface area contributed by atoms with Crippen LogP contribution < -0.4 is 11.1 Å². The summed E-state index contributed by atoms with van der Waals surface area (Å²) >= 11 is 3.34. The second-order valence-corrected chi connectivity index (χ2v) is 6.39. The molecule has 0 saturated carbocycles. The number of carbonyl (C=O) groups excluding carboxylic acids is 1. The second-order valence-electron chi connectivity index (χ2n) is 4.09. The summed E-state index contributed by atoms with van der Waals surface area (Å²) in [5.74, 6) is -0.391. The minimum atomic E-state index is -1.38. The Bertz CT molecular complexity index is 644. The molecule has 0 radical (unpaired) electrons. The Balaban J connectivity index is 2.00. The molecule has 1 atom stereocenters. The number of nitrogens with two attached hydrogens (primary N) is 1. The molecule has 1 amide bonds. The zero-order chi connectivity index (χ0) is 14.5. The second kappa shape index (κ2) is 6.67. The fourth-order valence-electron chi connectivity index (χ4n) is 1.57. The Kier molecular flexibility index (Phi) is 4.92. The SMILES string of the molecule is Nc1ccc(S(=O)CC(=O)Nc2ccccc2Br)cc1. The van der Waals surface area contributed by atoms with Crippen LogP contribution in [0.1, 0.15) is 0 Å². The van der Waals surface area contributed by atoms with E-state index in [9.17, 15) is 9.00 Å². The number of benzene rings is 2. The average Bonchev–Trinajstić information content (AvgIpc) is 2.42. The zero-order valence-electron chi connectivity index (χ0n) is 10.5. The van der Waals surface area contributed by atoms with Gasteiger partial charge in [0.1, 0.15) is 5.75 Å². The molecule has 104 valence electrons. The third-order valence-corrected chi connectivity index (χ3v) is 4.57. The van der Waals surface area contributed by atoms with E-state index in [2.05, 4.69) is 21.2 Å². The molecular weight excluding hydrogens is 340 g/mol. The van der Waals surface area contributed by atoms with Crippen LogP contribution in [0.4, 0.5) is 11.4 Å². The van der Waals surface area contributed by atoms with Gasteiger partial charge in [-0.1, -0.05) is 12.1 Å². The molecule has 0 fully saturated rings. The quantitative estimate of drug-likeness (QED) is 0.831. The highest BCUT2D eigenvalue weighted by Crippen LogP contribution is 2.21. The lowest BCUT2D eigenvalue weighted by molar-refractivity contribution is -0.113. The average molecular weight is 353 g/mol. The molecule has 2 aromatic carbocycles. The van der Waals surface area contributed by atoms with Gasteiger partial charge in [-0.3, -0.25) is 9.00 Å². The van der Waals surface area contributed by atoms with E-state index in [1.54, 1.807) is 30.3 Å². The maximum Gasteiger partial charge on any atom is 0.237 e. The number of nitrogen functional groups attached to an aromatic ring is 1. The van der Waals surface area contributed by atoms with E-state index in [-0.39, 0.29) is 11.7 Å². The van der Waals surface area contributed by atoms with Crippen molar-refractivity contribution in [3.63, 3.8) is 0 Å². The van der Waals surface area contributed by atoms with Crippen LogP contribution >= 0.6 is 15.9 Å². The van der Waals surface area contributed by atoms with Crippen molar-refractivity contribution in [2.75, 3.05) is 16.8 Å². The van der Waals surface area contributed by atoms with Gasteiger partial charge < -0.3 is 11.1 Å². The van der Waals surface area contributed by atoms with Crippen LogP contribution in [0.3, 0.4) is 0 Å². The predicted octanol–water partition coefficient (Wildman–Crippen LogP) is 2.78. The van der Waals surface area contributed by atoms with Gasteiger partial charge in [0.25, 0.3) is 0 Å². The molecule has 0 aliphatic heterocycles. The number of rotatable bonds is 4. The van der Waals surface area contributed by atoms with E-state index in [1.807, 2.05) is 18.2 Å². The molecule has 2 aromatic rings. The molecular formula is C14H13BrN2O2S. The number of hydrogen-bond acceptors (Lipinski definition) is 3. The Morgan fingerprint density at radius 3 is 2.45 bits per heavy atom. The molecule has 0 saturated heterocycles. The molecule has 4 nitrogen and oxygen atoms in total. The van der Waals surface area contributed by atoms with Gasteiger partial charge in [-0.05, 0) is 52.3 Å². The van der Waals surface area contributed by atoms with Crippen LogP contribution in [-0.2, 0) is 15.6 Å². The Labute approximate surface area is 128 Å². The van der Waals surface area contributed by atoms with Gasteiger partial charge in [0, 0.05) is 15.1 Å². The number of carbonyl (C=O) groups is 1. The first-order valence-corrected chi connectivity index (χ1v) is 7.96. The van der Waals surface area contributed by atoms with Gasteiger partial charge in [0.2, 0.25) is 5.91 Å². The highest BCUT2D eigenvalue weighted by molar-refractivity contribution is 9.10. The van der Waals surface area contributed by atoms with E-state index in [4.69, 9.17) is 5.73 Å². The Hall–Kier alpha value is -1.66. The molecule has 0 heterocycles. The van der Waals surface area contributed by atoms with Crippen LogP contribution in [0.5, 0.6) is 0 Å². The van der Waals surface area contributed by atoms with Crippen molar-refractivity contribution >= 4 is 44.0 Å². The van der Waals surface area contributed by atoms with Crippen LogP contribution in [-0.4, -0.2) is 15.9 Å². The number of hydrogen-bond donors (Lipinski definition) is 2. The van der Waals surface area contributed by atoms with E-state index in [0.717, 1.165) is 4.47 Å². The number of para-hydroxylation sites is 1. The maximum absolute atomic E-state index is 12.0. The first kappa shape index (κ1) is 14.7. The molecule has 0 bridgehead atoms. The maximum atomic E-state index is 12.0. The summed E-state index contributed by atoms with van der Waals surface area (Å²) in [4.78, 5) is 12.5. The van der Waals surface area contributed by atoms with Gasteiger partial charge in [-0.15, -0.1) is 0 Å². The number of anilines is 2. The highest BCUT2D eigenvalue weighted by Gasteiger charge is 2.11. The van der Waals surface area contributed by atoms with Crippen molar-refractivity contribution in [2.24, 2.45) is 0 Å². The first-order chi connectivity index (χ1) is 9.56. The molecule has 2 rings (SSSR count). The largest absolute Gasteiger partial charge is 0.399 e. The van der Waals surface area contributed by atoms with E-state index in [0.29, 0.717) is 16.3 Å². The van der Waals surface area contributed by atoms with Crippen molar-refractivity contribution in [3.8, 4) is 0 Å². The molecule has 0 aromatic heterocycles. The molecule has 20 heavy (non-hydrogen) atoms. The third kappa shape index (κ3) is 3.91. The zero-order valence-corrected chi connectivity index (χ0v) is 12.9. The normalized spacial score (nSPS) is 11.8. The van der Waals surface area contributed by atoms with Gasteiger partial charge in [-0.2, -0.15) is 0 Å². The minimum absolute atomic E-state index is 0.0920. The summed E-state index contributed by atoms with van der Waals surface area (Å²) < 4.78 is 12.8. The number of halogens is 1. The molecule has 1 unspecified atom stereocenters. The predicted molar refractivity (Wildman–Crippen MR) is 84.9 cm³/mol. The van der Waals surface area contributed by atoms with E-state index in [1.165, 1.54) is 0 Å². The minimum Gasteiger partial charge on any atom is -0.399 e. The van der Waals surface area contributed by atoms with Crippen LogP contribution in [0, 0.1) is 0 Å². The van der Waals surface area contributed by atoms with Crippen molar-refractivity contribution in [3.05, 3.63) is 53.0 Å². The van der Waals surface area contributed by atoms with E-state index < -0.39 is 10.8 Å². The van der Waals surface area contributed by atoms with Crippen molar-refractivity contribution in [1.29, 1.82) is 0 Å². The molecule has 0 aliphatic rings. The summed E-state index contributed by atoms with van der Waals surface area (Å²) in [5, 5.41) is 2.72. The number of nitrogens with one attached hydrogen (secondary N) is 1. The summed E-state index contributed by atoms with van der Waals surface area (Å²) in [6.07, 6.45) is 0. The highest BCUT2D eigenvalue weighted by atomic mass is 79.9. The summed E-state index contributed by atoms with van der Waals surface area (Å²) in [5.41, 5.74) is 6.82. The van der Waals surface area contributed by atoms with Gasteiger partial charge >= 0.3 is 0 Å². The molecule has 3 N–H and O–H groups in total. The topological polar surface area (TPSA) is 72.2 Å². The fraction of sp³-hybridized carbons (Fsp3) is 0.0714. The molecule has 0 aliphatic carbocycles. The lowest BCUT2D eigenvalue weighted by Gasteiger charge is -2.07. The smallest absolute Gasteiger partial charge is 0.237 e. The Morgan fingerprint density at radius 1 is 1.15 bits per heavy atom. The monoisotopic (exact) mass is 352 g/mol. The number of amides is 1. The van der Waals surface area contributed by atoms with Gasteiger partial charge in [-0.25, -0.2) is 0 Å². The van der Waals surface area contributed by atoms with Crippen LogP contribution in [0.15, 0.2) is 57.9 Å². The van der Waals surface area contributed by atoms with Crippen molar-refractivity contribution in [2.45, 2.75) is 4.90 Å².